The Morgan fingerprint density at radius 2 is 1.42 bits per heavy atom. The lowest BCUT2D eigenvalue weighted by molar-refractivity contribution is 0.0697. The van der Waals surface area contributed by atoms with E-state index < -0.39 is 5.97 Å². The minimum Gasteiger partial charge on any atom is -0.494 e. The third-order valence-corrected chi connectivity index (χ3v) is 6.84. The van der Waals surface area contributed by atoms with Crippen LogP contribution in [0.15, 0.2) is 42.5 Å². The third-order valence-electron chi connectivity index (χ3n) is 6.84. The second-order valence-electron chi connectivity index (χ2n) is 9.41. The Balaban J connectivity index is 1.51. The second-order valence-corrected chi connectivity index (χ2v) is 9.41. The molecule has 0 aromatic heterocycles. The lowest BCUT2D eigenvalue weighted by Crippen LogP contribution is -2.15. The molecular formula is C29H40O4. The van der Waals surface area contributed by atoms with Crippen molar-refractivity contribution >= 4 is 5.97 Å². The van der Waals surface area contributed by atoms with Gasteiger partial charge in [0.25, 0.3) is 0 Å². The topological polar surface area (TPSA) is 55.8 Å². The molecule has 3 rings (SSSR count). The molecule has 1 N–H and O–H groups in total. The van der Waals surface area contributed by atoms with E-state index in [0.717, 1.165) is 49.0 Å². The molecule has 1 aliphatic rings. The number of hydrogen-bond acceptors (Lipinski definition) is 3. The number of aromatic carboxylic acids is 1. The van der Waals surface area contributed by atoms with Crippen LogP contribution in [0.25, 0.3) is 11.1 Å². The zero-order valence-corrected chi connectivity index (χ0v) is 20.4. The average Bonchev–Trinajstić information content (AvgIpc) is 2.83. The summed E-state index contributed by atoms with van der Waals surface area (Å²) in [7, 11) is 0. The molecule has 4 heteroatoms. The van der Waals surface area contributed by atoms with Crippen molar-refractivity contribution in [3.63, 3.8) is 0 Å². The highest BCUT2D eigenvalue weighted by Crippen LogP contribution is 2.34. The lowest BCUT2D eigenvalue weighted by atomic mass is 9.78. The van der Waals surface area contributed by atoms with Crippen molar-refractivity contribution in [2.24, 2.45) is 11.8 Å². The van der Waals surface area contributed by atoms with Gasteiger partial charge in [0.1, 0.15) is 11.5 Å². The van der Waals surface area contributed by atoms with Gasteiger partial charge in [-0.3, -0.25) is 0 Å². The van der Waals surface area contributed by atoms with Crippen LogP contribution in [0.5, 0.6) is 11.5 Å². The maximum Gasteiger partial charge on any atom is 0.336 e. The van der Waals surface area contributed by atoms with Crippen LogP contribution < -0.4 is 9.47 Å². The second kappa shape index (κ2) is 13.3. The van der Waals surface area contributed by atoms with Crippen LogP contribution >= 0.6 is 0 Å². The van der Waals surface area contributed by atoms with Crippen molar-refractivity contribution in [2.75, 3.05) is 13.2 Å². The summed E-state index contributed by atoms with van der Waals surface area (Å²) in [5.74, 6) is 2.43. The zero-order chi connectivity index (χ0) is 23.5. The quantitative estimate of drug-likeness (QED) is 0.313. The summed E-state index contributed by atoms with van der Waals surface area (Å²) >= 11 is 0. The molecule has 4 nitrogen and oxygen atoms in total. The van der Waals surface area contributed by atoms with Gasteiger partial charge in [0, 0.05) is 0 Å². The number of ether oxygens (including phenoxy) is 2. The van der Waals surface area contributed by atoms with E-state index in [4.69, 9.17) is 9.47 Å². The molecule has 0 saturated heterocycles. The van der Waals surface area contributed by atoms with Gasteiger partial charge in [0.15, 0.2) is 0 Å². The van der Waals surface area contributed by atoms with Crippen molar-refractivity contribution in [3.8, 4) is 22.6 Å². The molecule has 0 spiro atoms. The Morgan fingerprint density at radius 3 is 2.06 bits per heavy atom. The summed E-state index contributed by atoms with van der Waals surface area (Å²) in [5.41, 5.74) is 1.80. The number of benzene rings is 2. The van der Waals surface area contributed by atoms with Crippen LogP contribution in [-0.4, -0.2) is 24.3 Å². The van der Waals surface area contributed by atoms with Gasteiger partial charge in [-0.25, -0.2) is 4.79 Å². The Morgan fingerprint density at radius 1 is 0.818 bits per heavy atom. The molecule has 33 heavy (non-hydrogen) atoms. The first-order valence-corrected chi connectivity index (χ1v) is 12.8. The van der Waals surface area contributed by atoms with Gasteiger partial charge in [0.05, 0.1) is 18.8 Å². The fraction of sp³-hybridized carbons (Fsp3) is 0.552. The molecule has 0 aliphatic heterocycles. The predicted molar refractivity (Wildman–Crippen MR) is 134 cm³/mol. The normalized spacial score (nSPS) is 18.1. The van der Waals surface area contributed by atoms with Gasteiger partial charge in [-0.05, 0) is 72.6 Å². The Kier molecular flexibility index (Phi) is 10.1. The molecule has 0 radical (unpaired) electrons. The standard InChI is InChI=1S/C29H40O4/c1-3-5-19-33-26-17-18-27(29(30)31)28(21-26)24-13-15-25(16-14-24)32-20-6-8-23-11-9-22(7-4-2)10-12-23/h13-18,21-23H,3-12,19-20H2,1-2H3,(H,30,31). The third kappa shape index (κ3) is 7.80. The first-order valence-electron chi connectivity index (χ1n) is 12.8. The fourth-order valence-electron chi connectivity index (χ4n) is 4.88. The summed E-state index contributed by atoms with van der Waals surface area (Å²) in [6.07, 6.45) is 12.7. The number of carboxylic acids is 1. The SMILES string of the molecule is CCCCOc1ccc(C(=O)O)c(-c2ccc(OCCCC3CCC(CCC)CC3)cc2)c1. The molecule has 0 atom stereocenters. The van der Waals surface area contributed by atoms with Gasteiger partial charge in [0.2, 0.25) is 0 Å². The molecule has 0 bridgehead atoms. The van der Waals surface area contributed by atoms with Crippen LogP contribution in [-0.2, 0) is 0 Å². The van der Waals surface area contributed by atoms with E-state index in [1.54, 1.807) is 12.1 Å². The van der Waals surface area contributed by atoms with Gasteiger partial charge >= 0.3 is 5.97 Å². The van der Waals surface area contributed by atoms with Crippen LogP contribution in [0.1, 0.15) is 88.4 Å². The van der Waals surface area contributed by atoms with Crippen LogP contribution in [0.2, 0.25) is 0 Å². The number of carboxylic acid groups (broad SMARTS) is 1. The smallest absolute Gasteiger partial charge is 0.336 e. The van der Waals surface area contributed by atoms with E-state index in [-0.39, 0.29) is 5.56 Å². The van der Waals surface area contributed by atoms with Crippen molar-refractivity contribution in [1.82, 2.24) is 0 Å². The van der Waals surface area contributed by atoms with Crippen molar-refractivity contribution in [2.45, 2.75) is 78.1 Å². The maximum absolute atomic E-state index is 11.7. The van der Waals surface area contributed by atoms with E-state index >= 15 is 0 Å². The molecule has 2 aromatic rings. The van der Waals surface area contributed by atoms with Crippen molar-refractivity contribution in [1.29, 1.82) is 0 Å². The summed E-state index contributed by atoms with van der Waals surface area (Å²) in [6.45, 7) is 5.77. The highest BCUT2D eigenvalue weighted by Gasteiger charge is 2.20. The Bertz CT molecular complexity index is 850. The molecule has 0 heterocycles. The number of unbranched alkanes of at least 4 members (excludes halogenated alkanes) is 1. The lowest BCUT2D eigenvalue weighted by Gasteiger charge is -2.28. The van der Waals surface area contributed by atoms with Crippen molar-refractivity contribution < 1.29 is 19.4 Å². The zero-order valence-electron chi connectivity index (χ0n) is 20.4. The van der Waals surface area contributed by atoms with E-state index in [1.165, 1.54) is 44.9 Å². The predicted octanol–water partition coefficient (Wildman–Crippen LogP) is 8.00. The maximum atomic E-state index is 11.7. The van der Waals surface area contributed by atoms with Crippen LogP contribution in [0.4, 0.5) is 0 Å². The van der Waals surface area contributed by atoms with Gasteiger partial charge in [-0.2, -0.15) is 0 Å². The summed E-state index contributed by atoms with van der Waals surface area (Å²) in [6, 6.07) is 12.9. The molecule has 1 fully saturated rings. The monoisotopic (exact) mass is 452 g/mol. The largest absolute Gasteiger partial charge is 0.494 e. The van der Waals surface area contributed by atoms with E-state index in [0.29, 0.717) is 17.9 Å². The number of rotatable bonds is 13. The average molecular weight is 453 g/mol. The van der Waals surface area contributed by atoms with Gasteiger partial charge < -0.3 is 14.6 Å². The molecule has 0 amide bonds. The van der Waals surface area contributed by atoms with Crippen LogP contribution in [0.3, 0.4) is 0 Å². The van der Waals surface area contributed by atoms with Gasteiger partial charge in [-0.15, -0.1) is 0 Å². The minimum atomic E-state index is -0.936. The summed E-state index contributed by atoms with van der Waals surface area (Å²) in [5, 5.41) is 9.61. The molecule has 0 unspecified atom stereocenters. The van der Waals surface area contributed by atoms with Gasteiger partial charge in [-0.1, -0.05) is 70.9 Å². The van der Waals surface area contributed by atoms with Crippen molar-refractivity contribution in [3.05, 3.63) is 48.0 Å². The number of hydrogen-bond donors (Lipinski definition) is 1. The fourth-order valence-corrected chi connectivity index (χ4v) is 4.88. The Hall–Kier alpha value is -2.49. The molecular weight excluding hydrogens is 412 g/mol. The highest BCUT2D eigenvalue weighted by atomic mass is 16.5. The molecule has 180 valence electrons. The highest BCUT2D eigenvalue weighted by molar-refractivity contribution is 5.96. The molecule has 1 saturated carbocycles. The first kappa shape index (κ1) is 25.1. The van der Waals surface area contributed by atoms with E-state index in [9.17, 15) is 9.90 Å². The first-order chi connectivity index (χ1) is 16.1. The summed E-state index contributed by atoms with van der Waals surface area (Å²) in [4.78, 5) is 11.7. The van der Waals surface area contributed by atoms with E-state index in [1.807, 2.05) is 30.3 Å². The Labute approximate surface area is 199 Å². The minimum absolute atomic E-state index is 0.278. The van der Waals surface area contributed by atoms with E-state index in [2.05, 4.69) is 13.8 Å². The number of carbonyl (C=O) groups is 1. The molecule has 2 aromatic carbocycles. The molecule has 1 aliphatic carbocycles. The summed E-state index contributed by atoms with van der Waals surface area (Å²) < 4.78 is 11.8. The van der Waals surface area contributed by atoms with Crippen LogP contribution in [0, 0.1) is 11.8 Å².